The Kier molecular flexibility index (Phi) is 6.42. The van der Waals surface area contributed by atoms with E-state index in [-0.39, 0.29) is 11.5 Å². The van der Waals surface area contributed by atoms with Crippen molar-refractivity contribution >= 4 is 9.84 Å². The average Bonchev–Trinajstić information content (AvgIpc) is 2.83. The van der Waals surface area contributed by atoms with Crippen LogP contribution in [0.4, 0.5) is 8.78 Å². The van der Waals surface area contributed by atoms with Crippen molar-refractivity contribution in [3.8, 4) is 22.6 Å². The van der Waals surface area contributed by atoms with Gasteiger partial charge < -0.3 is 9.47 Å². The van der Waals surface area contributed by atoms with Crippen LogP contribution in [0.3, 0.4) is 0 Å². The van der Waals surface area contributed by atoms with Crippen LogP contribution in [0.15, 0.2) is 101 Å². The Hall–Kier alpha value is -3.71. The Balaban J connectivity index is 1.67. The lowest BCUT2D eigenvalue weighted by atomic mass is 10.0. The highest BCUT2D eigenvalue weighted by Gasteiger charge is 2.23. The molecular formula is C26H20F2O4S. The Morgan fingerprint density at radius 3 is 2.21 bits per heavy atom. The van der Waals surface area contributed by atoms with E-state index in [1.807, 2.05) is 30.3 Å². The summed E-state index contributed by atoms with van der Waals surface area (Å²) in [7, 11) is -2.63. The summed E-state index contributed by atoms with van der Waals surface area (Å²) in [5, 5.41) is 0. The highest BCUT2D eigenvalue weighted by molar-refractivity contribution is 7.91. The Morgan fingerprint density at radius 1 is 0.818 bits per heavy atom. The molecule has 0 heterocycles. The summed E-state index contributed by atoms with van der Waals surface area (Å²) in [5.74, 6) is -0.627. The van der Waals surface area contributed by atoms with Gasteiger partial charge >= 0.3 is 0 Å². The zero-order chi connectivity index (χ0) is 23.4. The van der Waals surface area contributed by atoms with Crippen LogP contribution in [0.25, 0.3) is 11.1 Å². The lowest BCUT2D eigenvalue weighted by Crippen LogP contribution is -2.05. The number of ether oxygens (including phenoxy) is 2. The molecule has 0 unspecified atom stereocenters. The topological polar surface area (TPSA) is 52.6 Å². The molecule has 0 saturated heterocycles. The molecule has 0 spiro atoms. The SMILES string of the molecule is COc1ccc(S(=O)(=O)c2ccc(-c3cc(F)ccc3OCc3ccccc3)cc2F)cc1. The van der Waals surface area contributed by atoms with E-state index >= 15 is 4.39 Å². The molecule has 0 saturated carbocycles. The van der Waals surface area contributed by atoms with Crippen LogP contribution >= 0.6 is 0 Å². The molecule has 0 aliphatic heterocycles. The normalized spacial score (nSPS) is 11.2. The van der Waals surface area contributed by atoms with Gasteiger partial charge in [0.15, 0.2) is 0 Å². The number of rotatable bonds is 7. The van der Waals surface area contributed by atoms with Gasteiger partial charge in [-0.25, -0.2) is 17.2 Å². The Labute approximate surface area is 191 Å². The predicted octanol–water partition coefficient (Wildman–Crippen LogP) is 6.05. The van der Waals surface area contributed by atoms with E-state index in [0.717, 1.165) is 11.6 Å². The molecule has 0 bridgehead atoms. The van der Waals surface area contributed by atoms with Gasteiger partial charge in [-0.05, 0) is 65.7 Å². The average molecular weight is 467 g/mol. The maximum absolute atomic E-state index is 15.0. The fourth-order valence-corrected chi connectivity index (χ4v) is 4.67. The van der Waals surface area contributed by atoms with E-state index in [4.69, 9.17) is 9.47 Å². The van der Waals surface area contributed by atoms with Crippen molar-refractivity contribution in [3.63, 3.8) is 0 Å². The van der Waals surface area contributed by atoms with Gasteiger partial charge in [0.05, 0.1) is 12.0 Å². The van der Waals surface area contributed by atoms with Gasteiger partial charge in [-0.15, -0.1) is 0 Å². The van der Waals surface area contributed by atoms with Crippen LogP contribution < -0.4 is 9.47 Å². The van der Waals surface area contributed by atoms with Crippen LogP contribution in [-0.4, -0.2) is 15.5 Å². The second-order valence-electron chi connectivity index (χ2n) is 7.24. The second kappa shape index (κ2) is 9.42. The van der Waals surface area contributed by atoms with Gasteiger partial charge in [-0.1, -0.05) is 36.4 Å². The van der Waals surface area contributed by atoms with Gasteiger partial charge in [-0.3, -0.25) is 0 Å². The number of sulfone groups is 1. The maximum Gasteiger partial charge on any atom is 0.209 e. The van der Waals surface area contributed by atoms with Crippen molar-refractivity contribution in [2.24, 2.45) is 0 Å². The Bertz CT molecular complexity index is 1370. The highest BCUT2D eigenvalue weighted by Crippen LogP contribution is 2.34. The third-order valence-corrected chi connectivity index (χ3v) is 6.88. The molecule has 168 valence electrons. The molecule has 0 aliphatic carbocycles. The molecule has 33 heavy (non-hydrogen) atoms. The minimum Gasteiger partial charge on any atom is -0.497 e. The fourth-order valence-electron chi connectivity index (χ4n) is 3.36. The molecular weight excluding hydrogens is 446 g/mol. The first-order valence-electron chi connectivity index (χ1n) is 10.0. The van der Waals surface area contributed by atoms with Crippen LogP contribution in [0.1, 0.15) is 5.56 Å². The molecule has 0 fully saturated rings. The fraction of sp³-hybridized carbons (Fsp3) is 0.0769. The summed E-state index contributed by atoms with van der Waals surface area (Å²) in [5.41, 5.74) is 1.53. The predicted molar refractivity (Wildman–Crippen MR) is 121 cm³/mol. The van der Waals surface area contributed by atoms with Crippen molar-refractivity contribution < 1.29 is 26.7 Å². The minimum absolute atomic E-state index is 0.0624. The van der Waals surface area contributed by atoms with Crippen LogP contribution in [0, 0.1) is 11.6 Å². The molecule has 0 atom stereocenters. The monoisotopic (exact) mass is 466 g/mol. The number of methoxy groups -OCH3 is 1. The van der Waals surface area contributed by atoms with Crippen LogP contribution in [0.2, 0.25) is 0 Å². The zero-order valence-electron chi connectivity index (χ0n) is 17.7. The van der Waals surface area contributed by atoms with Gasteiger partial charge in [0.2, 0.25) is 9.84 Å². The number of hydrogen-bond acceptors (Lipinski definition) is 4. The molecule has 0 aliphatic rings. The van der Waals surface area contributed by atoms with Crippen molar-refractivity contribution in [2.45, 2.75) is 16.4 Å². The molecule has 7 heteroatoms. The summed E-state index contributed by atoms with van der Waals surface area (Å²) in [6.45, 7) is 0.242. The maximum atomic E-state index is 15.0. The molecule has 0 aromatic heterocycles. The van der Waals surface area contributed by atoms with Crippen molar-refractivity contribution in [3.05, 3.63) is 108 Å². The third-order valence-electron chi connectivity index (χ3n) is 5.08. The van der Waals surface area contributed by atoms with Crippen LogP contribution in [0.5, 0.6) is 11.5 Å². The lowest BCUT2D eigenvalue weighted by molar-refractivity contribution is 0.307. The molecule has 4 aromatic carbocycles. The van der Waals surface area contributed by atoms with Crippen molar-refractivity contribution in [1.29, 1.82) is 0 Å². The van der Waals surface area contributed by atoms with Gasteiger partial charge in [-0.2, -0.15) is 0 Å². The highest BCUT2D eigenvalue weighted by atomic mass is 32.2. The number of halogens is 2. The van der Waals surface area contributed by atoms with Gasteiger partial charge in [0.1, 0.15) is 34.6 Å². The summed E-state index contributed by atoms with van der Waals surface area (Å²) >= 11 is 0. The van der Waals surface area contributed by atoms with Crippen LogP contribution in [-0.2, 0) is 16.4 Å². The van der Waals surface area contributed by atoms with Gasteiger partial charge in [0, 0.05) is 5.56 Å². The summed E-state index contributed by atoms with van der Waals surface area (Å²) in [6, 6.07) is 22.7. The van der Waals surface area contributed by atoms with Crippen molar-refractivity contribution in [1.82, 2.24) is 0 Å². The summed E-state index contributed by atoms with van der Waals surface area (Å²) in [6.07, 6.45) is 0. The number of benzene rings is 4. The molecule has 0 N–H and O–H groups in total. The summed E-state index contributed by atoms with van der Waals surface area (Å²) in [4.78, 5) is -0.535. The van der Waals surface area contributed by atoms with E-state index in [1.54, 1.807) is 0 Å². The second-order valence-corrected chi connectivity index (χ2v) is 9.16. The first-order valence-corrected chi connectivity index (χ1v) is 11.5. The number of hydrogen-bond donors (Lipinski definition) is 0. The van der Waals surface area contributed by atoms with E-state index in [1.165, 1.54) is 61.7 Å². The standard InChI is InChI=1S/C26H20F2O4S/c1-31-21-9-11-22(12-10-21)33(29,30)26-14-7-19(15-24(26)28)23-16-20(27)8-13-25(23)32-17-18-5-3-2-4-6-18/h2-16H,17H2,1H3. The van der Waals surface area contributed by atoms with E-state index < -0.39 is 26.4 Å². The largest absolute Gasteiger partial charge is 0.497 e. The molecule has 4 rings (SSSR count). The first kappa shape index (κ1) is 22.5. The molecule has 0 amide bonds. The Morgan fingerprint density at radius 2 is 1.55 bits per heavy atom. The smallest absolute Gasteiger partial charge is 0.209 e. The van der Waals surface area contributed by atoms with Gasteiger partial charge in [0.25, 0.3) is 0 Å². The molecule has 4 aromatic rings. The van der Waals surface area contributed by atoms with E-state index in [0.29, 0.717) is 22.6 Å². The summed E-state index contributed by atoms with van der Waals surface area (Å²) < 4.78 is 65.7. The quantitative estimate of drug-likeness (QED) is 0.333. The third kappa shape index (κ3) is 4.88. The molecule has 4 nitrogen and oxygen atoms in total. The zero-order valence-corrected chi connectivity index (χ0v) is 18.5. The van der Waals surface area contributed by atoms with Crippen molar-refractivity contribution in [2.75, 3.05) is 7.11 Å². The lowest BCUT2D eigenvalue weighted by Gasteiger charge is -2.13. The first-order chi connectivity index (χ1) is 15.9. The minimum atomic E-state index is -4.09. The van der Waals surface area contributed by atoms with E-state index in [2.05, 4.69) is 0 Å². The van der Waals surface area contributed by atoms with E-state index in [9.17, 15) is 12.8 Å². The molecule has 0 radical (unpaired) electrons.